The van der Waals surface area contributed by atoms with Crippen LogP contribution >= 0.6 is 11.8 Å². The minimum atomic E-state index is -1.62. The minimum absolute atomic E-state index is 0. The first-order chi connectivity index (χ1) is 19.6. The largest absolute Gasteiger partial charge is 1.00 e. The van der Waals surface area contributed by atoms with Gasteiger partial charge in [0, 0.05) is 50.0 Å². The molecule has 14 nitrogen and oxygen atoms in total. The molecule has 2 aliphatic rings. The Morgan fingerprint density at radius 3 is 1.89 bits per heavy atom. The van der Waals surface area contributed by atoms with E-state index in [1.54, 1.807) is 0 Å². The summed E-state index contributed by atoms with van der Waals surface area (Å²) in [7, 11) is 0. The van der Waals surface area contributed by atoms with Crippen molar-refractivity contribution in [3.05, 3.63) is 0 Å². The number of unbranched alkanes of at least 4 members (excludes halogenated alkanes) is 4. The van der Waals surface area contributed by atoms with Crippen molar-refractivity contribution in [2.24, 2.45) is 0 Å². The summed E-state index contributed by atoms with van der Waals surface area (Å²) in [5.74, 6) is -4.04. The Morgan fingerprint density at radius 1 is 0.795 bits per heavy atom. The van der Waals surface area contributed by atoms with Crippen LogP contribution in [0.4, 0.5) is 4.79 Å². The molecule has 18 heteroatoms. The molecular formula is C26H40K3N5O9S. The molecule has 44 heavy (non-hydrogen) atoms. The van der Waals surface area contributed by atoms with Gasteiger partial charge in [0.2, 0.25) is 11.8 Å². The molecule has 4 N–H and O–H groups in total. The molecule has 0 spiro atoms. The van der Waals surface area contributed by atoms with Crippen LogP contribution in [-0.4, -0.2) is 96.0 Å². The summed E-state index contributed by atoms with van der Waals surface area (Å²) < 4.78 is 0. The molecule has 0 aromatic heterocycles. The maximum atomic E-state index is 12.0. The Kier molecular flexibility index (Phi) is 30.1. The minimum Gasteiger partial charge on any atom is -0.549 e. The maximum absolute atomic E-state index is 12.0. The Morgan fingerprint density at radius 2 is 1.34 bits per heavy atom. The molecule has 2 rings (SSSR count). The van der Waals surface area contributed by atoms with Gasteiger partial charge < -0.3 is 51.0 Å². The van der Waals surface area contributed by atoms with Crippen molar-refractivity contribution in [1.82, 2.24) is 26.2 Å². The van der Waals surface area contributed by atoms with Gasteiger partial charge in [0.1, 0.15) is 0 Å². The van der Waals surface area contributed by atoms with Crippen LogP contribution in [0.1, 0.15) is 70.6 Å². The molecule has 2 aliphatic heterocycles. The Labute approximate surface area is 390 Å². The Balaban J connectivity index is 0. The van der Waals surface area contributed by atoms with E-state index in [4.69, 9.17) is 0 Å². The first-order valence-electron chi connectivity index (χ1n) is 14.1. The van der Waals surface area contributed by atoms with E-state index in [0.717, 1.165) is 37.9 Å². The fraction of sp³-hybridized carbons (Fsp3) is 0.769. The van der Waals surface area contributed by atoms with E-state index < -0.39 is 37.0 Å². The first kappa shape index (κ1) is 48.0. The molecular weight excluding hydrogens is 676 g/mol. The maximum Gasteiger partial charge on any atom is 1.00 e. The number of hydrogen-bond donors (Lipinski definition) is 4. The molecule has 0 aliphatic carbocycles. The van der Waals surface area contributed by atoms with Gasteiger partial charge in [0.05, 0.1) is 36.0 Å². The van der Waals surface area contributed by atoms with E-state index >= 15 is 0 Å². The van der Waals surface area contributed by atoms with E-state index in [-0.39, 0.29) is 191 Å². The zero-order chi connectivity index (χ0) is 30.2. The van der Waals surface area contributed by atoms with Gasteiger partial charge in [0.25, 0.3) is 0 Å². The third-order valence-corrected chi connectivity index (χ3v) is 8.60. The third-order valence-electron chi connectivity index (χ3n) is 7.09. The number of carbonyl (C=O) groups excluding carboxylic acids is 6. The topological polar surface area (TPSA) is 223 Å². The number of carboxylic acids is 3. The number of hydrogen-bond acceptors (Lipinski definition) is 11. The normalized spacial score (nSPS) is 18.8. The molecule has 0 radical (unpaired) electrons. The molecule has 2 saturated heterocycles. The second-order valence-electron chi connectivity index (χ2n) is 10.4. The van der Waals surface area contributed by atoms with Crippen molar-refractivity contribution in [2.45, 2.75) is 94.0 Å². The number of carbonyl (C=O) groups is 6. The van der Waals surface area contributed by atoms with Crippen LogP contribution < -0.4 is 191 Å². The summed E-state index contributed by atoms with van der Waals surface area (Å²) >= 11 is 1.87. The van der Waals surface area contributed by atoms with Gasteiger partial charge in [-0.25, -0.2) is 4.79 Å². The average Bonchev–Trinajstić information content (AvgIpc) is 3.44. The summed E-state index contributed by atoms with van der Waals surface area (Å²) in [4.78, 5) is 69.2. The smallest absolute Gasteiger partial charge is 0.549 e. The van der Waals surface area contributed by atoms with Crippen molar-refractivity contribution in [3.63, 3.8) is 0 Å². The van der Waals surface area contributed by atoms with Crippen molar-refractivity contribution >= 4 is 47.5 Å². The van der Waals surface area contributed by atoms with Crippen LogP contribution in [0.5, 0.6) is 0 Å². The summed E-state index contributed by atoms with van der Waals surface area (Å²) in [5.41, 5.74) is 0. The number of urea groups is 1. The molecule has 0 saturated carbocycles. The molecule has 0 aromatic carbocycles. The van der Waals surface area contributed by atoms with Crippen LogP contribution in [-0.2, 0) is 24.0 Å². The first-order valence-corrected chi connectivity index (χ1v) is 15.2. The van der Waals surface area contributed by atoms with E-state index in [9.17, 15) is 44.1 Å². The van der Waals surface area contributed by atoms with Crippen LogP contribution in [0, 0.1) is 0 Å². The van der Waals surface area contributed by atoms with Crippen LogP contribution in [0.2, 0.25) is 0 Å². The number of rotatable bonds is 22. The number of nitrogens with one attached hydrogen (secondary N) is 4. The number of aliphatic carboxylic acids is 3. The van der Waals surface area contributed by atoms with Gasteiger partial charge in [-0.3, -0.25) is 14.5 Å². The van der Waals surface area contributed by atoms with Crippen molar-refractivity contribution < 1.29 is 198 Å². The van der Waals surface area contributed by atoms with Gasteiger partial charge >= 0.3 is 160 Å². The number of thioether (sulfide) groups is 1. The summed E-state index contributed by atoms with van der Waals surface area (Å²) in [5, 5.41) is 44.9. The second kappa shape index (κ2) is 27.6. The van der Waals surface area contributed by atoms with Gasteiger partial charge in [0.15, 0.2) is 0 Å². The number of amides is 4. The molecule has 4 amide bonds. The monoisotopic (exact) mass is 715 g/mol. The van der Waals surface area contributed by atoms with Crippen molar-refractivity contribution in [1.29, 1.82) is 0 Å². The summed E-state index contributed by atoms with van der Waals surface area (Å²) in [6.07, 6.45) is 6.33. The second-order valence-corrected chi connectivity index (χ2v) is 11.6. The quantitative estimate of drug-likeness (QED) is 0.0468. The van der Waals surface area contributed by atoms with E-state index in [2.05, 4.69) is 21.3 Å². The van der Waals surface area contributed by atoms with Crippen LogP contribution in [0.25, 0.3) is 0 Å². The molecule has 0 unspecified atom stereocenters. The van der Waals surface area contributed by atoms with E-state index in [1.165, 1.54) is 0 Å². The van der Waals surface area contributed by atoms with E-state index in [1.807, 2.05) is 11.8 Å². The molecule has 2 fully saturated rings. The van der Waals surface area contributed by atoms with Gasteiger partial charge in [-0.1, -0.05) is 12.8 Å². The predicted molar refractivity (Wildman–Crippen MR) is 143 cm³/mol. The zero-order valence-corrected chi connectivity index (χ0v) is 36.3. The third kappa shape index (κ3) is 20.4. The summed E-state index contributed by atoms with van der Waals surface area (Å²) in [6, 6.07) is -1.13. The van der Waals surface area contributed by atoms with E-state index in [0.29, 0.717) is 55.3 Å². The molecule has 0 bridgehead atoms. The molecule has 4 atom stereocenters. The zero-order valence-electron chi connectivity index (χ0n) is 26.2. The van der Waals surface area contributed by atoms with Gasteiger partial charge in [-0.15, -0.1) is 0 Å². The SMILES string of the molecule is O=C([O-])CN(CC(=O)[O-])[C@@H](CCCCNC(=O)CCCCCNC(=O)CCCC[C@@H]1SC[C@@H]2NC(=O)N[C@@H]21)C(=O)[O-].[K+].[K+].[K+]. The van der Waals surface area contributed by atoms with Gasteiger partial charge in [-0.2, -0.15) is 11.8 Å². The fourth-order valence-corrected chi connectivity index (χ4v) is 6.56. The predicted octanol–water partition coefficient (Wildman–Crippen LogP) is -12.4. The van der Waals surface area contributed by atoms with Gasteiger partial charge in [-0.05, 0) is 44.9 Å². The Bertz CT molecular complexity index is 922. The molecule has 0 aromatic rings. The Hall–Kier alpha value is 1.84. The van der Waals surface area contributed by atoms with Crippen molar-refractivity contribution in [2.75, 3.05) is 31.9 Å². The van der Waals surface area contributed by atoms with Crippen molar-refractivity contribution in [3.8, 4) is 0 Å². The number of carboxylic acid groups (broad SMARTS) is 3. The fourth-order valence-electron chi connectivity index (χ4n) is 5.01. The number of nitrogens with zero attached hydrogens (tertiary/aromatic N) is 1. The summed E-state index contributed by atoms with van der Waals surface area (Å²) in [6.45, 7) is -0.919. The average molecular weight is 716 g/mol. The molecule has 2 heterocycles. The van der Waals surface area contributed by atoms with Crippen LogP contribution in [0.15, 0.2) is 0 Å². The standard InChI is InChI=1S/C26H43N5O9S.3K/c32-20(28-13-7-5-8-18(25(38)39)31(14-22(34)35)15-23(36)37)10-2-1-6-12-27-21(33)11-4-3-9-19-24-17(16-41-19)29-26(40)30-24;;;/h17-19,24H,1-16H2,(H,27,33)(H,28,32)(H,34,35)(H,36,37)(H,38,39)(H2,29,30,40);;;/q;3*+1/p-3/t17-,18-,19-,24-;;;/m0.../s1. The molecule has 232 valence electrons. The number of fused-ring (bicyclic) bond motifs is 1. The van der Waals surface area contributed by atoms with Crippen LogP contribution in [0.3, 0.4) is 0 Å².